The molecular formula is C22H29FN2O11. The second-order valence-corrected chi connectivity index (χ2v) is 7.44. The monoisotopic (exact) mass is 516 g/mol. The molecule has 1 fully saturated rings. The number of hydrogen-bond acceptors (Lipinski definition) is 11. The number of carboxylic acid groups (broad SMARTS) is 1. The highest BCUT2D eigenvalue weighted by atomic mass is 19.1. The van der Waals surface area contributed by atoms with Gasteiger partial charge in [-0.1, -0.05) is 6.07 Å². The lowest BCUT2D eigenvalue weighted by atomic mass is 10.0. The summed E-state index contributed by atoms with van der Waals surface area (Å²) in [4.78, 5) is 39.2. The summed E-state index contributed by atoms with van der Waals surface area (Å²) < 4.78 is 38.4. The van der Waals surface area contributed by atoms with E-state index in [0.717, 1.165) is 0 Å². The average molecular weight is 516 g/mol. The molecule has 1 aliphatic rings. The predicted octanol–water partition coefficient (Wildman–Crippen LogP) is 1.02. The summed E-state index contributed by atoms with van der Waals surface area (Å²) >= 11 is 0. The van der Waals surface area contributed by atoms with E-state index in [2.05, 4.69) is 26.8 Å². The van der Waals surface area contributed by atoms with E-state index < -0.39 is 43.2 Å². The Morgan fingerprint density at radius 2 is 1.86 bits per heavy atom. The second kappa shape index (κ2) is 15.6. The van der Waals surface area contributed by atoms with E-state index in [1.165, 1.54) is 18.2 Å². The van der Waals surface area contributed by atoms with Crippen LogP contribution in [0.3, 0.4) is 0 Å². The Labute approximate surface area is 206 Å². The highest BCUT2D eigenvalue weighted by molar-refractivity contribution is 5.97. The van der Waals surface area contributed by atoms with Crippen molar-refractivity contribution < 1.29 is 57.5 Å². The van der Waals surface area contributed by atoms with Crippen molar-refractivity contribution in [2.75, 3.05) is 39.6 Å². The maximum absolute atomic E-state index is 12.8. The number of nitrogens with one attached hydrogen (secondary N) is 1. The summed E-state index contributed by atoms with van der Waals surface area (Å²) in [6, 6.07) is 4.13. The lowest BCUT2D eigenvalue weighted by Crippen LogP contribution is -2.42. The zero-order valence-corrected chi connectivity index (χ0v) is 19.4. The first-order chi connectivity index (χ1) is 17.3. The van der Waals surface area contributed by atoms with Gasteiger partial charge in [-0.05, 0) is 17.7 Å². The normalized spacial score (nSPS) is 19.2. The van der Waals surface area contributed by atoms with Gasteiger partial charge in [0.2, 0.25) is 6.29 Å². The molecule has 1 aromatic rings. The minimum Gasteiger partial charge on any atom is -0.479 e. The van der Waals surface area contributed by atoms with Crippen molar-refractivity contribution in [1.29, 1.82) is 0 Å². The van der Waals surface area contributed by atoms with Crippen molar-refractivity contribution in [3.05, 3.63) is 29.3 Å². The van der Waals surface area contributed by atoms with Gasteiger partial charge in [0.1, 0.15) is 19.0 Å². The first kappa shape index (κ1) is 28.9. The molecule has 3 N–H and O–H groups in total. The summed E-state index contributed by atoms with van der Waals surface area (Å²) in [5.41, 5.74) is 0.299. The van der Waals surface area contributed by atoms with Gasteiger partial charge >= 0.3 is 12.2 Å². The van der Waals surface area contributed by atoms with Crippen molar-refractivity contribution in [2.45, 2.75) is 37.9 Å². The summed E-state index contributed by atoms with van der Waals surface area (Å²) in [5, 5.41) is 25.0. The maximum atomic E-state index is 12.8. The number of aliphatic carboxylic acids is 1. The number of hydrogen-bond donors (Lipinski definition) is 3. The van der Waals surface area contributed by atoms with Gasteiger partial charge in [0.05, 0.1) is 38.1 Å². The first-order valence-corrected chi connectivity index (χ1v) is 11.0. The predicted molar refractivity (Wildman–Crippen MR) is 119 cm³/mol. The molecule has 1 saturated heterocycles. The summed E-state index contributed by atoms with van der Waals surface area (Å²) in [6.45, 7) is 4.23. The summed E-state index contributed by atoms with van der Waals surface area (Å²) in [5.74, 6) is -1.81. The van der Waals surface area contributed by atoms with Crippen LogP contribution in [-0.4, -0.2) is 93.1 Å². The van der Waals surface area contributed by atoms with Crippen LogP contribution in [-0.2, 0) is 35.2 Å². The Hall–Kier alpha value is -3.33. The molecule has 1 aromatic carbocycles. The molecule has 0 aromatic heterocycles. The van der Waals surface area contributed by atoms with E-state index in [1.807, 2.05) is 0 Å². The number of carbonyl (C=O) groups excluding carboxylic acids is 2. The van der Waals surface area contributed by atoms with Crippen LogP contribution in [0, 0.1) is 0 Å². The fourth-order valence-corrected chi connectivity index (χ4v) is 3.14. The lowest BCUT2D eigenvalue weighted by molar-refractivity contribution is -0.195. The van der Waals surface area contributed by atoms with Gasteiger partial charge in [-0.2, -0.15) is 0 Å². The number of ether oxygens (including phenoxy) is 5. The number of carbonyl (C=O) groups is 3. The zero-order chi connectivity index (χ0) is 26.3. The van der Waals surface area contributed by atoms with Crippen LogP contribution in [0.5, 0.6) is 5.75 Å². The highest BCUT2D eigenvalue weighted by Gasteiger charge is 2.34. The number of aliphatic hydroxyl groups excluding tert-OH is 1. The third-order valence-electron chi connectivity index (χ3n) is 4.76. The minimum atomic E-state index is -1.98. The smallest absolute Gasteiger partial charge is 0.479 e. The van der Waals surface area contributed by atoms with Crippen LogP contribution in [0.15, 0.2) is 23.4 Å². The van der Waals surface area contributed by atoms with Gasteiger partial charge in [0.15, 0.2) is 6.10 Å². The molecule has 36 heavy (non-hydrogen) atoms. The SMILES string of the molecule is C=NOCCOCCOCCNC(=O)c1cc(COC(=O)F)ccc1OC1CC(O)CC(C(=O)O)O1. The Morgan fingerprint density at radius 3 is 2.56 bits per heavy atom. The molecule has 0 radical (unpaired) electrons. The number of oxime groups is 1. The largest absolute Gasteiger partial charge is 0.495 e. The van der Waals surface area contributed by atoms with Crippen molar-refractivity contribution in [2.24, 2.45) is 5.16 Å². The lowest BCUT2D eigenvalue weighted by Gasteiger charge is -2.31. The van der Waals surface area contributed by atoms with Gasteiger partial charge in [0, 0.05) is 26.1 Å². The third kappa shape index (κ3) is 10.5. The molecule has 2 rings (SSSR count). The molecular weight excluding hydrogens is 487 g/mol. The molecule has 13 nitrogen and oxygen atoms in total. The molecule has 0 aliphatic carbocycles. The van der Waals surface area contributed by atoms with Crippen molar-refractivity contribution in [3.8, 4) is 5.75 Å². The maximum Gasteiger partial charge on any atom is 0.495 e. The van der Waals surface area contributed by atoms with E-state index in [9.17, 15) is 29.0 Å². The minimum absolute atomic E-state index is 0.00268. The fourth-order valence-electron chi connectivity index (χ4n) is 3.14. The van der Waals surface area contributed by atoms with Gasteiger partial charge in [-0.3, -0.25) is 4.79 Å². The number of halogens is 1. The van der Waals surface area contributed by atoms with Crippen LogP contribution in [0.2, 0.25) is 0 Å². The zero-order valence-electron chi connectivity index (χ0n) is 19.4. The molecule has 1 heterocycles. The van der Waals surface area contributed by atoms with Crippen LogP contribution in [0.4, 0.5) is 9.18 Å². The quantitative estimate of drug-likeness (QED) is 0.124. The Balaban J connectivity index is 1.95. The van der Waals surface area contributed by atoms with Gasteiger partial charge < -0.3 is 44.1 Å². The second-order valence-electron chi connectivity index (χ2n) is 7.44. The summed E-state index contributed by atoms with van der Waals surface area (Å²) in [7, 11) is 0. The highest BCUT2D eigenvalue weighted by Crippen LogP contribution is 2.27. The molecule has 0 bridgehead atoms. The van der Waals surface area contributed by atoms with E-state index >= 15 is 0 Å². The number of carboxylic acids is 1. The molecule has 1 aliphatic heterocycles. The number of rotatable bonds is 16. The number of amides is 1. The van der Waals surface area contributed by atoms with Crippen molar-refractivity contribution in [1.82, 2.24) is 5.32 Å². The molecule has 0 saturated carbocycles. The van der Waals surface area contributed by atoms with Crippen LogP contribution < -0.4 is 10.1 Å². The van der Waals surface area contributed by atoms with E-state index in [0.29, 0.717) is 18.8 Å². The van der Waals surface area contributed by atoms with Gasteiger partial charge in [0.25, 0.3) is 5.91 Å². The van der Waals surface area contributed by atoms with Crippen LogP contribution in [0.1, 0.15) is 28.8 Å². The summed E-state index contributed by atoms with van der Waals surface area (Å²) in [6.07, 6.45) is -5.47. The Morgan fingerprint density at radius 1 is 1.14 bits per heavy atom. The fraction of sp³-hybridized carbons (Fsp3) is 0.545. The van der Waals surface area contributed by atoms with E-state index in [4.69, 9.17) is 18.9 Å². The Bertz CT molecular complexity index is 886. The van der Waals surface area contributed by atoms with Crippen LogP contribution >= 0.6 is 0 Å². The molecule has 3 atom stereocenters. The van der Waals surface area contributed by atoms with Crippen LogP contribution in [0.25, 0.3) is 0 Å². The van der Waals surface area contributed by atoms with Crippen molar-refractivity contribution >= 4 is 24.8 Å². The van der Waals surface area contributed by atoms with Gasteiger partial charge in [-0.25, -0.2) is 9.59 Å². The topological polar surface area (TPSA) is 171 Å². The van der Waals surface area contributed by atoms with E-state index in [-0.39, 0.29) is 50.5 Å². The molecule has 0 spiro atoms. The third-order valence-corrected chi connectivity index (χ3v) is 4.76. The number of benzene rings is 1. The molecule has 200 valence electrons. The number of nitrogens with zero attached hydrogens (tertiary/aromatic N) is 1. The van der Waals surface area contributed by atoms with E-state index in [1.54, 1.807) is 0 Å². The Kier molecular flexibility index (Phi) is 12.5. The van der Waals surface area contributed by atoms with Crippen molar-refractivity contribution in [3.63, 3.8) is 0 Å². The van der Waals surface area contributed by atoms with Gasteiger partial charge in [-0.15, -0.1) is 9.55 Å². The molecule has 3 unspecified atom stereocenters. The standard InChI is InChI=1S/C22H29FN2O11/c1-24-34-9-8-32-7-6-31-5-4-25-20(27)16-10-14(13-33-22(23)30)2-3-17(16)35-19-12-15(26)11-18(36-19)21(28)29/h2-3,10,15,18-19,26H,1,4-9,11-13H2,(H,25,27)(H,28,29). The molecule has 1 amide bonds. The average Bonchev–Trinajstić information content (AvgIpc) is 2.84. The molecule has 14 heteroatoms. The number of aliphatic hydroxyl groups is 1. The first-order valence-electron chi connectivity index (χ1n) is 11.0.